The van der Waals surface area contributed by atoms with Gasteiger partial charge in [-0.3, -0.25) is 19.6 Å². The number of carbonyl (C=O) groups is 1. The van der Waals surface area contributed by atoms with Gasteiger partial charge in [0.2, 0.25) is 5.91 Å². The van der Waals surface area contributed by atoms with Crippen molar-refractivity contribution >= 4 is 22.8 Å². The van der Waals surface area contributed by atoms with Gasteiger partial charge in [0.05, 0.1) is 16.7 Å². The molecule has 1 aliphatic heterocycles. The number of hydrogen-bond acceptors (Lipinski definition) is 6. The molecule has 5 rings (SSSR count). The molecule has 9 heteroatoms. The van der Waals surface area contributed by atoms with E-state index < -0.39 is 0 Å². The Morgan fingerprint density at radius 3 is 2.79 bits per heavy atom. The van der Waals surface area contributed by atoms with Gasteiger partial charge in [-0.15, -0.1) is 0 Å². The number of aryl methyl sites for hydroxylation is 1. The lowest BCUT2D eigenvalue weighted by molar-refractivity contribution is -0.116. The molecule has 1 unspecified atom stereocenters. The number of nitrogens with one attached hydrogen (secondary N) is 2. The Morgan fingerprint density at radius 1 is 1.11 bits per heavy atom. The number of fused-ring (bicyclic) bond motifs is 2. The highest BCUT2D eigenvalue weighted by molar-refractivity contribution is 5.96. The van der Waals surface area contributed by atoms with E-state index in [1.165, 1.54) is 6.07 Å². The summed E-state index contributed by atoms with van der Waals surface area (Å²) in [7, 11) is 0. The minimum Gasteiger partial charge on any atom is -0.310 e. The molecule has 3 aromatic heterocycles. The molecule has 4 aromatic rings. The van der Waals surface area contributed by atoms with Crippen molar-refractivity contribution < 1.29 is 4.79 Å². The van der Waals surface area contributed by atoms with Crippen LogP contribution in [-0.4, -0.2) is 35.9 Å². The minimum absolute atomic E-state index is 0.121. The van der Waals surface area contributed by atoms with Crippen LogP contribution in [0.2, 0.25) is 0 Å². The fourth-order valence-corrected chi connectivity index (χ4v) is 3.73. The standard InChI is InChI=1S/C19H15N7O2/c1-10-17-12(11-3-2-4-13-18(11)21-8-7-20-13)9-16(28)22-19(17)26(25-10)14-5-6-15(27)24-23-14/h2-8,12H,9H2,1H3,(H,22,28)(H,24,27). The highest BCUT2D eigenvalue weighted by atomic mass is 16.2. The average molecular weight is 373 g/mol. The first kappa shape index (κ1) is 16.3. The van der Waals surface area contributed by atoms with Crippen LogP contribution in [0.4, 0.5) is 5.82 Å². The van der Waals surface area contributed by atoms with Gasteiger partial charge in [0.15, 0.2) is 5.82 Å². The number of aromatic amines is 1. The van der Waals surface area contributed by atoms with Gasteiger partial charge >= 0.3 is 0 Å². The SMILES string of the molecule is Cc1nn(-c2ccc(=O)[nH]n2)c2c1C(c1cccc3nccnc13)CC(=O)N2. The zero-order valence-electron chi connectivity index (χ0n) is 14.9. The molecular weight excluding hydrogens is 358 g/mol. The van der Waals surface area contributed by atoms with Crippen LogP contribution in [0.5, 0.6) is 0 Å². The molecule has 0 saturated carbocycles. The van der Waals surface area contributed by atoms with Gasteiger partial charge in [-0.25, -0.2) is 5.10 Å². The lowest BCUT2D eigenvalue weighted by Crippen LogP contribution is -2.25. The first-order valence-electron chi connectivity index (χ1n) is 8.77. The van der Waals surface area contributed by atoms with Crippen molar-refractivity contribution in [2.75, 3.05) is 5.32 Å². The molecule has 1 atom stereocenters. The molecule has 0 bridgehead atoms. The van der Waals surface area contributed by atoms with E-state index in [0.717, 1.165) is 27.9 Å². The molecule has 1 aromatic carbocycles. The average Bonchev–Trinajstić information content (AvgIpc) is 3.04. The highest BCUT2D eigenvalue weighted by Crippen LogP contribution is 2.41. The number of rotatable bonds is 2. The van der Waals surface area contributed by atoms with Crippen molar-refractivity contribution in [1.29, 1.82) is 0 Å². The van der Waals surface area contributed by atoms with Crippen LogP contribution in [0.3, 0.4) is 0 Å². The predicted octanol–water partition coefficient (Wildman–Crippen LogP) is 1.68. The van der Waals surface area contributed by atoms with Gasteiger partial charge in [0.1, 0.15) is 5.82 Å². The summed E-state index contributed by atoms with van der Waals surface area (Å²) >= 11 is 0. The van der Waals surface area contributed by atoms with Gasteiger partial charge in [0.25, 0.3) is 5.56 Å². The normalized spacial score (nSPS) is 16.0. The van der Waals surface area contributed by atoms with Crippen LogP contribution in [0.25, 0.3) is 16.9 Å². The van der Waals surface area contributed by atoms with E-state index in [-0.39, 0.29) is 23.8 Å². The van der Waals surface area contributed by atoms with E-state index in [2.05, 4.69) is 30.6 Å². The fraction of sp³-hybridized carbons (Fsp3) is 0.158. The molecule has 9 nitrogen and oxygen atoms in total. The van der Waals surface area contributed by atoms with Crippen molar-refractivity contribution in [3.05, 3.63) is 69.9 Å². The van der Waals surface area contributed by atoms with Gasteiger partial charge in [-0.05, 0) is 24.6 Å². The summed E-state index contributed by atoms with van der Waals surface area (Å²) < 4.78 is 1.54. The molecule has 0 radical (unpaired) electrons. The molecule has 0 saturated heterocycles. The monoisotopic (exact) mass is 373 g/mol. The van der Waals surface area contributed by atoms with E-state index >= 15 is 0 Å². The molecule has 0 fully saturated rings. The maximum atomic E-state index is 12.5. The van der Waals surface area contributed by atoms with Gasteiger partial charge in [-0.2, -0.15) is 14.9 Å². The van der Waals surface area contributed by atoms with Crippen LogP contribution in [0.1, 0.15) is 29.2 Å². The minimum atomic E-state index is -0.308. The molecule has 4 heterocycles. The van der Waals surface area contributed by atoms with E-state index in [0.29, 0.717) is 11.6 Å². The highest BCUT2D eigenvalue weighted by Gasteiger charge is 2.34. The summed E-state index contributed by atoms with van der Waals surface area (Å²) in [5, 5.41) is 13.9. The number of carbonyl (C=O) groups excluding carboxylic acids is 1. The van der Waals surface area contributed by atoms with Gasteiger partial charge in [0, 0.05) is 36.4 Å². The van der Waals surface area contributed by atoms with Gasteiger partial charge in [-0.1, -0.05) is 12.1 Å². The lowest BCUT2D eigenvalue weighted by atomic mass is 9.85. The summed E-state index contributed by atoms with van der Waals surface area (Å²) in [5.74, 6) is 0.645. The van der Waals surface area contributed by atoms with Crippen molar-refractivity contribution in [3.8, 4) is 5.82 Å². The number of benzene rings is 1. The summed E-state index contributed by atoms with van der Waals surface area (Å²) in [6.45, 7) is 1.89. The molecule has 2 N–H and O–H groups in total. The molecule has 0 spiro atoms. The molecular formula is C19H15N7O2. The van der Waals surface area contributed by atoms with E-state index in [1.807, 2.05) is 25.1 Å². The third-order valence-corrected chi connectivity index (χ3v) is 4.89. The summed E-state index contributed by atoms with van der Waals surface area (Å²) in [6.07, 6.45) is 3.58. The van der Waals surface area contributed by atoms with Gasteiger partial charge < -0.3 is 5.32 Å². The number of amides is 1. The molecule has 28 heavy (non-hydrogen) atoms. The number of aromatic nitrogens is 6. The zero-order chi connectivity index (χ0) is 19.3. The van der Waals surface area contributed by atoms with Crippen LogP contribution >= 0.6 is 0 Å². The molecule has 1 aliphatic rings. The third kappa shape index (κ3) is 2.48. The Hall–Kier alpha value is -3.88. The second-order valence-corrected chi connectivity index (χ2v) is 6.62. The maximum absolute atomic E-state index is 12.5. The van der Waals surface area contributed by atoms with E-state index in [4.69, 9.17) is 0 Å². The predicted molar refractivity (Wildman–Crippen MR) is 101 cm³/mol. The Labute approximate surface area is 158 Å². The largest absolute Gasteiger partial charge is 0.310 e. The molecule has 1 amide bonds. The summed E-state index contributed by atoms with van der Waals surface area (Å²) in [6, 6.07) is 8.72. The quantitative estimate of drug-likeness (QED) is 0.552. The second kappa shape index (κ2) is 6.08. The number of anilines is 1. The first-order valence-corrected chi connectivity index (χ1v) is 8.77. The lowest BCUT2D eigenvalue weighted by Gasteiger charge is -2.24. The third-order valence-electron chi connectivity index (χ3n) is 4.89. The second-order valence-electron chi connectivity index (χ2n) is 6.62. The molecule has 0 aliphatic carbocycles. The Kier molecular flexibility index (Phi) is 3.54. The van der Waals surface area contributed by atoms with Crippen LogP contribution in [0.15, 0.2) is 47.5 Å². The number of nitrogens with zero attached hydrogens (tertiary/aromatic N) is 5. The Balaban J connectivity index is 1.73. The summed E-state index contributed by atoms with van der Waals surface area (Å²) in [4.78, 5) is 32.7. The van der Waals surface area contributed by atoms with E-state index in [9.17, 15) is 9.59 Å². The van der Waals surface area contributed by atoms with Crippen molar-refractivity contribution in [2.45, 2.75) is 19.3 Å². The van der Waals surface area contributed by atoms with Crippen LogP contribution in [-0.2, 0) is 4.79 Å². The Bertz CT molecular complexity index is 1270. The van der Waals surface area contributed by atoms with E-state index in [1.54, 1.807) is 23.1 Å². The summed E-state index contributed by atoms with van der Waals surface area (Å²) in [5.41, 5.74) is 3.85. The van der Waals surface area contributed by atoms with Crippen LogP contribution < -0.4 is 10.9 Å². The van der Waals surface area contributed by atoms with Crippen molar-refractivity contribution in [1.82, 2.24) is 29.9 Å². The van der Waals surface area contributed by atoms with Crippen molar-refractivity contribution in [3.63, 3.8) is 0 Å². The van der Waals surface area contributed by atoms with Crippen molar-refractivity contribution in [2.24, 2.45) is 0 Å². The van der Waals surface area contributed by atoms with Crippen LogP contribution in [0, 0.1) is 6.92 Å². The number of H-pyrrole nitrogens is 1. The maximum Gasteiger partial charge on any atom is 0.264 e. The number of hydrogen-bond donors (Lipinski definition) is 2. The molecule has 138 valence electrons. The first-order chi connectivity index (χ1) is 13.6. The smallest absolute Gasteiger partial charge is 0.264 e. The topological polar surface area (TPSA) is 118 Å². The zero-order valence-corrected chi connectivity index (χ0v) is 14.9. The fourth-order valence-electron chi connectivity index (χ4n) is 3.73. The number of para-hydroxylation sites is 1. The Morgan fingerprint density at radius 2 is 1.96 bits per heavy atom.